The first kappa shape index (κ1) is 52.1. The van der Waals surface area contributed by atoms with E-state index in [0.717, 1.165) is 64.2 Å². The minimum absolute atomic E-state index is 0.164. The molecular formula is C51H85NO3. The number of aliphatic hydroxyl groups is 2. The fourth-order valence-electron chi connectivity index (χ4n) is 6.05. The smallest absolute Gasteiger partial charge is 0.220 e. The molecule has 0 aliphatic rings. The zero-order chi connectivity index (χ0) is 40.0. The second-order valence-corrected chi connectivity index (χ2v) is 14.7. The van der Waals surface area contributed by atoms with Crippen LogP contribution in [0.25, 0.3) is 0 Å². The highest BCUT2D eigenvalue weighted by molar-refractivity contribution is 5.76. The van der Waals surface area contributed by atoms with Crippen LogP contribution in [0.15, 0.2) is 109 Å². The normalized spacial score (nSPS) is 14.0. The Kier molecular flexibility index (Phi) is 43.0. The summed E-state index contributed by atoms with van der Waals surface area (Å²) in [6.07, 6.45) is 69.3. The van der Waals surface area contributed by atoms with E-state index in [9.17, 15) is 15.0 Å². The van der Waals surface area contributed by atoms with Crippen molar-refractivity contribution in [1.82, 2.24) is 5.32 Å². The summed E-state index contributed by atoms with van der Waals surface area (Å²) in [7, 11) is 0. The van der Waals surface area contributed by atoms with E-state index in [4.69, 9.17) is 0 Å². The van der Waals surface area contributed by atoms with Crippen molar-refractivity contribution in [3.05, 3.63) is 109 Å². The van der Waals surface area contributed by atoms with Crippen molar-refractivity contribution >= 4 is 5.91 Å². The van der Waals surface area contributed by atoms with Gasteiger partial charge in [-0.2, -0.15) is 0 Å². The molecule has 4 nitrogen and oxygen atoms in total. The van der Waals surface area contributed by atoms with Gasteiger partial charge in [-0.3, -0.25) is 4.79 Å². The van der Waals surface area contributed by atoms with Gasteiger partial charge < -0.3 is 15.5 Å². The van der Waals surface area contributed by atoms with Crippen LogP contribution in [0.3, 0.4) is 0 Å². The fraction of sp³-hybridized carbons (Fsp3) is 0.627. The number of allylic oxidation sites excluding steroid dienone is 17. The van der Waals surface area contributed by atoms with Gasteiger partial charge in [-0.25, -0.2) is 0 Å². The Labute approximate surface area is 340 Å². The molecule has 0 spiro atoms. The van der Waals surface area contributed by atoms with E-state index in [0.29, 0.717) is 12.8 Å². The van der Waals surface area contributed by atoms with Gasteiger partial charge in [0, 0.05) is 6.42 Å². The molecule has 0 bridgehead atoms. The quantitative estimate of drug-likeness (QED) is 0.0432. The molecule has 2 atom stereocenters. The lowest BCUT2D eigenvalue weighted by molar-refractivity contribution is -0.122. The second kappa shape index (κ2) is 45.4. The Morgan fingerprint density at radius 1 is 0.455 bits per heavy atom. The average molecular weight is 760 g/mol. The van der Waals surface area contributed by atoms with Crippen molar-refractivity contribution in [1.29, 1.82) is 0 Å². The van der Waals surface area contributed by atoms with Crippen molar-refractivity contribution in [3.63, 3.8) is 0 Å². The van der Waals surface area contributed by atoms with Crippen molar-refractivity contribution in [2.45, 2.75) is 199 Å². The van der Waals surface area contributed by atoms with Gasteiger partial charge in [-0.1, -0.05) is 207 Å². The zero-order valence-electron chi connectivity index (χ0n) is 35.6. The Morgan fingerprint density at radius 2 is 0.818 bits per heavy atom. The number of amides is 1. The highest BCUT2D eigenvalue weighted by Crippen LogP contribution is 2.14. The summed E-state index contributed by atoms with van der Waals surface area (Å²) in [6.45, 7) is 4.14. The van der Waals surface area contributed by atoms with E-state index < -0.39 is 12.1 Å². The Bertz CT molecular complexity index is 1090. The number of aliphatic hydroxyl groups excluding tert-OH is 2. The number of rotatable bonds is 39. The summed E-state index contributed by atoms with van der Waals surface area (Å²) in [6, 6.07) is -0.694. The van der Waals surface area contributed by atoms with Crippen LogP contribution in [0.4, 0.5) is 0 Å². The summed E-state index contributed by atoms with van der Waals surface area (Å²) < 4.78 is 0. The molecular weight excluding hydrogens is 675 g/mol. The van der Waals surface area contributed by atoms with Crippen molar-refractivity contribution in [3.8, 4) is 0 Å². The van der Waals surface area contributed by atoms with Crippen molar-refractivity contribution in [2.24, 2.45) is 0 Å². The highest BCUT2D eigenvalue weighted by Gasteiger charge is 2.17. The molecule has 0 heterocycles. The maximum absolute atomic E-state index is 12.3. The minimum atomic E-state index is -0.909. The molecule has 0 aromatic carbocycles. The molecule has 4 heteroatoms. The molecule has 1 amide bonds. The third kappa shape index (κ3) is 42.0. The molecule has 0 rings (SSSR count). The third-order valence-electron chi connectivity index (χ3n) is 9.48. The summed E-state index contributed by atoms with van der Waals surface area (Å²) in [5.74, 6) is -0.164. The summed E-state index contributed by atoms with van der Waals surface area (Å²) >= 11 is 0. The lowest BCUT2D eigenvalue weighted by Gasteiger charge is -2.19. The van der Waals surface area contributed by atoms with E-state index in [2.05, 4.69) is 110 Å². The molecule has 3 N–H and O–H groups in total. The standard InChI is InChI=1S/C51H85NO3/c1-3-5-7-9-11-13-15-17-19-21-23-24-25-26-27-29-30-32-34-36-38-40-42-44-46-50(54)49(48-53)52-51(55)47-45-43-41-39-37-35-33-31-28-22-20-18-16-14-12-10-8-6-4-2/h6,8,12,14,18,20,28-31,35-38,41,43-44,46,49-50,53-54H,3-5,7,9-11,13,15-17,19,21-27,32-34,39-40,42,45,47-48H2,1-2H3,(H,52,55)/b8-6-,14-12-,20-18-,30-29+,31-28-,37-35-,38-36+,43-41-,46-44+. The summed E-state index contributed by atoms with van der Waals surface area (Å²) in [5, 5.41) is 22.9. The topological polar surface area (TPSA) is 69.6 Å². The molecule has 312 valence electrons. The molecule has 0 fully saturated rings. The highest BCUT2D eigenvalue weighted by atomic mass is 16.3. The maximum atomic E-state index is 12.3. The van der Waals surface area contributed by atoms with Crippen LogP contribution in [0, 0.1) is 0 Å². The zero-order valence-corrected chi connectivity index (χ0v) is 35.6. The van der Waals surface area contributed by atoms with E-state index >= 15 is 0 Å². The Morgan fingerprint density at radius 3 is 1.25 bits per heavy atom. The number of carbonyl (C=O) groups excluding carboxylic acids is 1. The minimum Gasteiger partial charge on any atom is -0.394 e. The number of carbonyl (C=O) groups is 1. The lowest BCUT2D eigenvalue weighted by atomic mass is 10.0. The lowest BCUT2D eigenvalue weighted by Crippen LogP contribution is -2.45. The molecule has 0 aromatic rings. The Balaban J connectivity index is 3.78. The van der Waals surface area contributed by atoms with Gasteiger partial charge in [0.25, 0.3) is 0 Å². The first-order valence-corrected chi connectivity index (χ1v) is 22.6. The van der Waals surface area contributed by atoms with Gasteiger partial charge in [-0.15, -0.1) is 0 Å². The van der Waals surface area contributed by atoms with Gasteiger partial charge in [0.2, 0.25) is 5.91 Å². The van der Waals surface area contributed by atoms with Crippen LogP contribution >= 0.6 is 0 Å². The van der Waals surface area contributed by atoms with Crippen molar-refractivity contribution in [2.75, 3.05) is 6.61 Å². The SMILES string of the molecule is CC/C=C\C/C=C\C/C=C\C/C=C\C/C=C\C/C=C\CCC(=O)NC(CO)C(O)/C=C/CC/C=C/CC/C=C/CCCCCCCCCCCCCCCC. The molecule has 2 unspecified atom stereocenters. The predicted molar refractivity (Wildman–Crippen MR) is 243 cm³/mol. The molecule has 0 aliphatic heterocycles. The predicted octanol–water partition coefficient (Wildman–Crippen LogP) is 14.4. The molecule has 0 aliphatic carbocycles. The van der Waals surface area contributed by atoms with Crippen LogP contribution in [0.1, 0.15) is 187 Å². The maximum Gasteiger partial charge on any atom is 0.220 e. The largest absolute Gasteiger partial charge is 0.394 e. The van der Waals surface area contributed by atoms with E-state index in [1.54, 1.807) is 6.08 Å². The molecule has 0 aromatic heterocycles. The monoisotopic (exact) mass is 760 g/mol. The average Bonchev–Trinajstić information content (AvgIpc) is 3.19. The second-order valence-electron chi connectivity index (χ2n) is 14.7. The van der Waals surface area contributed by atoms with Crippen LogP contribution in [0.2, 0.25) is 0 Å². The Hall–Kier alpha value is -2.95. The third-order valence-corrected chi connectivity index (χ3v) is 9.48. The van der Waals surface area contributed by atoms with Gasteiger partial charge in [0.15, 0.2) is 0 Å². The van der Waals surface area contributed by atoms with Gasteiger partial charge >= 0.3 is 0 Å². The van der Waals surface area contributed by atoms with E-state index in [1.165, 1.54) is 96.3 Å². The number of hydrogen-bond donors (Lipinski definition) is 3. The molecule has 0 saturated heterocycles. The van der Waals surface area contributed by atoms with Crippen LogP contribution in [-0.2, 0) is 4.79 Å². The van der Waals surface area contributed by atoms with Crippen LogP contribution in [-0.4, -0.2) is 34.9 Å². The van der Waals surface area contributed by atoms with Crippen LogP contribution < -0.4 is 5.32 Å². The first-order valence-electron chi connectivity index (χ1n) is 22.6. The molecule has 0 radical (unpaired) electrons. The number of hydrogen-bond acceptors (Lipinski definition) is 3. The summed E-state index contributed by atoms with van der Waals surface area (Å²) in [4.78, 5) is 12.3. The van der Waals surface area contributed by atoms with Gasteiger partial charge in [-0.05, 0) is 83.5 Å². The van der Waals surface area contributed by atoms with Crippen molar-refractivity contribution < 1.29 is 15.0 Å². The first-order chi connectivity index (χ1) is 27.2. The molecule has 0 saturated carbocycles. The van der Waals surface area contributed by atoms with E-state index in [1.807, 2.05) is 12.2 Å². The molecule has 55 heavy (non-hydrogen) atoms. The summed E-state index contributed by atoms with van der Waals surface area (Å²) in [5.41, 5.74) is 0. The van der Waals surface area contributed by atoms with Gasteiger partial charge in [0.05, 0.1) is 18.8 Å². The van der Waals surface area contributed by atoms with Gasteiger partial charge in [0.1, 0.15) is 0 Å². The van der Waals surface area contributed by atoms with E-state index in [-0.39, 0.29) is 12.5 Å². The van der Waals surface area contributed by atoms with Crippen LogP contribution in [0.5, 0.6) is 0 Å². The number of unbranched alkanes of at least 4 members (excludes halogenated alkanes) is 16. The fourth-order valence-corrected chi connectivity index (χ4v) is 6.05. The number of nitrogens with one attached hydrogen (secondary N) is 1.